The normalized spacial score (nSPS) is 27.4. The van der Waals surface area contributed by atoms with Gasteiger partial charge >= 0.3 is 5.97 Å². The molecule has 1 saturated heterocycles. The summed E-state index contributed by atoms with van der Waals surface area (Å²) in [5.74, 6) is 0.0974. The first-order valence-electron chi connectivity index (χ1n) is 10.2. The van der Waals surface area contributed by atoms with Gasteiger partial charge in [0.05, 0.1) is 23.1 Å². The zero-order valence-electron chi connectivity index (χ0n) is 16.6. The molecule has 2 aliphatic carbocycles. The van der Waals surface area contributed by atoms with E-state index in [1.54, 1.807) is 36.4 Å². The third kappa shape index (κ3) is 2.87. The van der Waals surface area contributed by atoms with Gasteiger partial charge in [0.15, 0.2) is 0 Å². The minimum absolute atomic E-state index is 0.105. The van der Waals surface area contributed by atoms with Crippen molar-refractivity contribution in [2.75, 3.05) is 4.90 Å². The first kappa shape index (κ1) is 18.1. The summed E-state index contributed by atoms with van der Waals surface area (Å²) in [6.45, 7) is 3.89. The van der Waals surface area contributed by atoms with Gasteiger partial charge in [0, 0.05) is 0 Å². The van der Waals surface area contributed by atoms with E-state index in [9.17, 15) is 14.4 Å². The van der Waals surface area contributed by atoms with Crippen LogP contribution in [0.3, 0.4) is 0 Å². The van der Waals surface area contributed by atoms with Crippen LogP contribution in [0.25, 0.3) is 0 Å². The number of carbonyl (C=O) groups excluding carboxylic acids is 3. The number of anilines is 1. The lowest BCUT2D eigenvalue weighted by Gasteiger charge is -2.19. The molecule has 0 spiro atoms. The number of esters is 1. The Labute approximate surface area is 169 Å². The van der Waals surface area contributed by atoms with Gasteiger partial charge in [-0.05, 0) is 86.4 Å². The molecule has 5 rings (SSSR count). The van der Waals surface area contributed by atoms with Crippen LogP contribution in [0.15, 0.2) is 42.5 Å². The molecular formula is C24H23NO4. The largest absolute Gasteiger partial charge is 0.423 e. The van der Waals surface area contributed by atoms with E-state index in [4.69, 9.17) is 4.74 Å². The second kappa shape index (κ2) is 6.55. The molecule has 5 heteroatoms. The van der Waals surface area contributed by atoms with Crippen LogP contribution in [0.4, 0.5) is 5.69 Å². The lowest BCUT2D eigenvalue weighted by atomic mass is 9.81. The molecule has 3 fully saturated rings. The van der Waals surface area contributed by atoms with Gasteiger partial charge in [-0.1, -0.05) is 12.1 Å². The number of nitrogens with zero attached hydrogens (tertiary/aromatic N) is 1. The zero-order valence-corrected chi connectivity index (χ0v) is 16.6. The van der Waals surface area contributed by atoms with Gasteiger partial charge in [-0.2, -0.15) is 0 Å². The molecular weight excluding hydrogens is 366 g/mol. The second-order valence-electron chi connectivity index (χ2n) is 8.66. The summed E-state index contributed by atoms with van der Waals surface area (Å²) in [7, 11) is 0. The molecule has 0 unspecified atom stereocenters. The van der Waals surface area contributed by atoms with Gasteiger partial charge in [-0.25, -0.2) is 4.79 Å². The maximum absolute atomic E-state index is 13.0. The van der Waals surface area contributed by atoms with Crippen molar-refractivity contribution < 1.29 is 19.1 Å². The predicted molar refractivity (Wildman–Crippen MR) is 108 cm³/mol. The van der Waals surface area contributed by atoms with Crippen molar-refractivity contribution in [2.24, 2.45) is 23.7 Å². The van der Waals surface area contributed by atoms with Crippen LogP contribution in [0.2, 0.25) is 0 Å². The highest BCUT2D eigenvalue weighted by Crippen LogP contribution is 2.56. The van der Waals surface area contributed by atoms with Crippen LogP contribution in [0.1, 0.15) is 40.7 Å². The quantitative estimate of drug-likeness (QED) is 0.451. The highest BCUT2D eigenvalue weighted by molar-refractivity contribution is 6.22. The lowest BCUT2D eigenvalue weighted by molar-refractivity contribution is -0.123. The van der Waals surface area contributed by atoms with Crippen molar-refractivity contribution in [3.63, 3.8) is 0 Å². The molecule has 0 aromatic heterocycles. The lowest BCUT2D eigenvalue weighted by Crippen LogP contribution is -2.32. The summed E-state index contributed by atoms with van der Waals surface area (Å²) in [5.41, 5.74) is 2.80. The van der Waals surface area contributed by atoms with Crippen LogP contribution in [-0.4, -0.2) is 17.8 Å². The van der Waals surface area contributed by atoms with Gasteiger partial charge in [0.25, 0.3) is 0 Å². The summed E-state index contributed by atoms with van der Waals surface area (Å²) < 4.78 is 5.52. The van der Waals surface area contributed by atoms with Crippen molar-refractivity contribution in [2.45, 2.75) is 33.1 Å². The monoisotopic (exact) mass is 389 g/mol. The van der Waals surface area contributed by atoms with Crippen molar-refractivity contribution in [1.29, 1.82) is 0 Å². The fourth-order valence-corrected chi connectivity index (χ4v) is 5.59. The summed E-state index contributed by atoms with van der Waals surface area (Å²) in [6, 6.07) is 12.3. The molecule has 3 aliphatic rings. The zero-order chi connectivity index (χ0) is 20.3. The molecule has 2 bridgehead atoms. The van der Waals surface area contributed by atoms with E-state index in [-0.39, 0.29) is 23.7 Å². The molecule has 2 amide bonds. The molecule has 0 N–H and O–H groups in total. The number of benzene rings is 2. The van der Waals surface area contributed by atoms with Gasteiger partial charge in [-0.3, -0.25) is 14.5 Å². The highest BCUT2D eigenvalue weighted by atomic mass is 16.5. The Morgan fingerprint density at radius 2 is 1.55 bits per heavy atom. The van der Waals surface area contributed by atoms with Crippen LogP contribution in [0.5, 0.6) is 5.75 Å². The van der Waals surface area contributed by atoms with E-state index in [0.717, 1.165) is 30.4 Å². The number of hydrogen-bond acceptors (Lipinski definition) is 4. The van der Waals surface area contributed by atoms with Crippen LogP contribution in [-0.2, 0) is 9.59 Å². The van der Waals surface area contributed by atoms with Gasteiger partial charge < -0.3 is 4.74 Å². The third-order valence-electron chi connectivity index (χ3n) is 6.67. The molecule has 0 radical (unpaired) electrons. The number of imide groups is 1. The number of rotatable bonds is 3. The first-order valence-corrected chi connectivity index (χ1v) is 10.2. The predicted octanol–water partition coefficient (Wildman–Crippen LogP) is 4.06. The highest BCUT2D eigenvalue weighted by Gasteiger charge is 2.61. The Hall–Kier alpha value is -2.95. The number of hydrogen-bond donors (Lipinski definition) is 0. The Bertz CT molecular complexity index is 995. The van der Waals surface area contributed by atoms with E-state index >= 15 is 0 Å². The van der Waals surface area contributed by atoms with Crippen molar-refractivity contribution in [1.82, 2.24) is 0 Å². The number of ether oxygens (including phenoxy) is 1. The SMILES string of the molecule is Cc1cc(C)cc(OC(=O)c2cccc(N3C(=O)[C@H]4[C@H]5CC[C@@H](C5)[C@@H]4C3=O)c2)c1. The maximum Gasteiger partial charge on any atom is 0.343 e. The molecule has 29 heavy (non-hydrogen) atoms. The van der Waals surface area contributed by atoms with E-state index in [1.807, 2.05) is 19.9 Å². The standard InChI is InChI=1S/C24H23NO4/c1-13-8-14(2)10-19(9-13)29-24(28)17-4-3-5-18(12-17)25-22(26)20-15-6-7-16(11-15)21(20)23(25)27/h3-5,8-10,12,15-16,20-21H,6-7,11H2,1-2H3/t15-,16-,20-,21-/m0/s1. The minimum atomic E-state index is -0.504. The first-order chi connectivity index (χ1) is 13.9. The molecule has 4 atom stereocenters. The summed E-state index contributed by atoms with van der Waals surface area (Å²) in [6.07, 6.45) is 3.09. The minimum Gasteiger partial charge on any atom is -0.423 e. The number of amides is 2. The van der Waals surface area contributed by atoms with Crippen LogP contribution in [0, 0.1) is 37.5 Å². The van der Waals surface area contributed by atoms with Gasteiger partial charge in [-0.15, -0.1) is 0 Å². The molecule has 2 saturated carbocycles. The van der Waals surface area contributed by atoms with E-state index < -0.39 is 5.97 Å². The van der Waals surface area contributed by atoms with Gasteiger partial charge in [0.2, 0.25) is 11.8 Å². The molecule has 2 aromatic rings. The van der Waals surface area contributed by atoms with E-state index in [0.29, 0.717) is 28.8 Å². The molecule has 148 valence electrons. The van der Waals surface area contributed by atoms with Crippen LogP contribution < -0.4 is 9.64 Å². The van der Waals surface area contributed by atoms with E-state index in [2.05, 4.69) is 0 Å². The third-order valence-corrected chi connectivity index (χ3v) is 6.67. The number of aryl methyl sites for hydroxylation is 2. The fourth-order valence-electron chi connectivity index (χ4n) is 5.59. The number of carbonyl (C=O) groups is 3. The van der Waals surface area contributed by atoms with Crippen molar-refractivity contribution in [3.8, 4) is 5.75 Å². The fraction of sp³-hybridized carbons (Fsp3) is 0.375. The van der Waals surface area contributed by atoms with Crippen LogP contribution >= 0.6 is 0 Å². The topological polar surface area (TPSA) is 63.7 Å². The number of fused-ring (bicyclic) bond motifs is 5. The average Bonchev–Trinajstić information content (AvgIpc) is 3.35. The average molecular weight is 389 g/mol. The Morgan fingerprint density at radius 3 is 2.17 bits per heavy atom. The molecule has 1 aliphatic heterocycles. The Kier molecular flexibility index (Phi) is 4.09. The van der Waals surface area contributed by atoms with Crippen molar-refractivity contribution in [3.05, 3.63) is 59.2 Å². The van der Waals surface area contributed by atoms with Crippen molar-refractivity contribution >= 4 is 23.5 Å². The summed E-state index contributed by atoms with van der Waals surface area (Å²) >= 11 is 0. The molecule has 2 aromatic carbocycles. The van der Waals surface area contributed by atoms with Gasteiger partial charge in [0.1, 0.15) is 5.75 Å². The maximum atomic E-state index is 13.0. The molecule has 5 nitrogen and oxygen atoms in total. The Balaban J connectivity index is 1.41. The smallest absolute Gasteiger partial charge is 0.343 e. The van der Waals surface area contributed by atoms with E-state index in [1.165, 1.54) is 4.90 Å². The summed E-state index contributed by atoms with van der Waals surface area (Å²) in [4.78, 5) is 40.0. The Morgan fingerprint density at radius 1 is 0.931 bits per heavy atom. The second-order valence-corrected chi connectivity index (χ2v) is 8.66. The summed E-state index contributed by atoms with van der Waals surface area (Å²) in [5, 5.41) is 0. The molecule has 1 heterocycles.